The third-order valence-corrected chi connectivity index (χ3v) is 7.58. The Morgan fingerprint density at radius 2 is 1.95 bits per heavy atom. The molecule has 1 fully saturated rings. The van der Waals surface area contributed by atoms with Crippen molar-refractivity contribution >= 4 is 45.7 Å². The van der Waals surface area contributed by atoms with E-state index in [0.29, 0.717) is 44.8 Å². The van der Waals surface area contributed by atoms with Gasteiger partial charge in [-0.2, -0.15) is 10.2 Å². The first-order valence-corrected chi connectivity index (χ1v) is 13.8. The molecule has 7 rings (SSSR count). The van der Waals surface area contributed by atoms with Gasteiger partial charge in [-0.1, -0.05) is 23.7 Å². The first kappa shape index (κ1) is 25.9. The van der Waals surface area contributed by atoms with Crippen molar-refractivity contribution in [2.24, 2.45) is 0 Å². The van der Waals surface area contributed by atoms with E-state index >= 15 is 0 Å². The minimum absolute atomic E-state index is 0.0988. The molecule has 42 heavy (non-hydrogen) atoms. The summed E-state index contributed by atoms with van der Waals surface area (Å²) in [5.41, 5.74) is 9.86. The number of piperidine rings is 1. The van der Waals surface area contributed by atoms with E-state index in [-0.39, 0.29) is 11.5 Å². The van der Waals surface area contributed by atoms with Crippen LogP contribution in [0.25, 0.3) is 22.4 Å². The highest BCUT2D eigenvalue weighted by Crippen LogP contribution is 2.33. The molecule has 0 aliphatic carbocycles. The number of rotatable bonds is 6. The van der Waals surface area contributed by atoms with Crippen molar-refractivity contribution in [3.8, 4) is 17.2 Å². The lowest BCUT2D eigenvalue weighted by molar-refractivity contribution is 0.102. The van der Waals surface area contributed by atoms with Crippen LogP contribution in [0, 0.1) is 0 Å². The number of hydrogen-bond acceptors (Lipinski definition) is 9. The number of pyridine rings is 1. The summed E-state index contributed by atoms with van der Waals surface area (Å²) in [6, 6.07) is 16.6. The highest BCUT2D eigenvalue weighted by Gasteiger charge is 2.23. The minimum Gasteiger partial charge on any atom is -0.456 e. The normalized spacial score (nSPS) is 15.2. The predicted octanol–water partition coefficient (Wildman–Crippen LogP) is 4.61. The van der Waals surface area contributed by atoms with Crippen LogP contribution in [-0.2, 0) is 0 Å². The van der Waals surface area contributed by atoms with Crippen molar-refractivity contribution in [2.75, 3.05) is 24.1 Å². The summed E-state index contributed by atoms with van der Waals surface area (Å²) in [5.74, 6) is 1.12. The number of ether oxygens (including phenoxy) is 1. The Morgan fingerprint density at radius 1 is 1.07 bits per heavy atom. The van der Waals surface area contributed by atoms with E-state index in [9.17, 15) is 4.79 Å². The second kappa shape index (κ2) is 10.7. The van der Waals surface area contributed by atoms with E-state index in [0.717, 1.165) is 31.6 Å². The molecule has 4 aromatic heterocycles. The van der Waals surface area contributed by atoms with E-state index in [2.05, 4.69) is 47.9 Å². The van der Waals surface area contributed by atoms with E-state index in [4.69, 9.17) is 22.1 Å². The molecule has 6 aromatic rings. The van der Waals surface area contributed by atoms with Crippen LogP contribution in [0.3, 0.4) is 0 Å². The van der Waals surface area contributed by atoms with Gasteiger partial charge in [-0.3, -0.25) is 4.79 Å². The Balaban J connectivity index is 1.14. The van der Waals surface area contributed by atoms with Crippen molar-refractivity contribution in [1.29, 1.82) is 0 Å². The van der Waals surface area contributed by atoms with Gasteiger partial charge in [0.05, 0.1) is 16.1 Å². The van der Waals surface area contributed by atoms with Crippen molar-refractivity contribution in [2.45, 2.75) is 18.8 Å². The number of anilines is 2. The molecule has 13 heteroatoms. The van der Waals surface area contributed by atoms with Crippen molar-refractivity contribution in [3.05, 3.63) is 89.7 Å². The second-order valence-electron chi connectivity index (χ2n) is 9.98. The van der Waals surface area contributed by atoms with Crippen LogP contribution in [0.1, 0.15) is 34.8 Å². The molecule has 1 unspecified atom stereocenters. The van der Waals surface area contributed by atoms with Crippen LogP contribution in [0.4, 0.5) is 11.5 Å². The number of aromatic nitrogens is 7. The Morgan fingerprint density at radius 3 is 2.76 bits per heavy atom. The molecule has 5 heterocycles. The van der Waals surface area contributed by atoms with Gasteiger partial charge >= 0.3 is 0 Å². The molecule has 1 atom stereocenters. The Hall–Kier alpha value is -5.07. The van der Waals surface area contributed by atoms with E-state index in [1.165, 1.54) is 18.2 Å². The quantitative estimate of drug-likeness (QED) is 0.257. The van der Waals surface area contributed by atoms with Crippen LogP contribution in [0.2, 0.25) is 5.02 Å². The molecule has 1 aliphatic rings. The number of amides is 1. The van der Waals surface area contributed by atoms with Gasteiger partial charge in [-0.05, 0) is 67.3 Å². The fourth-order valence-corrected chi connectivity index (χ4v) is 5.40. The molecule has 0 spiro atoms. The van der Waals surface area contributed by atoms with Gasteiger partial charge in [0.2, 0.25) is 0 Å². The SMILES string of the molecule is Nc1ncnc2c1c(C(=O)Nc1ccc(Oc3ccn4ncnc4c3)c(Cl)c1)nn2-c1ccc(C2CCCNC2)cc1. The van der Waals surface area contributed by atoms with Crippen LogP contribution < -0.4 is 21.1 Å². The summed E-state index contributed by atoms with van der Waals surface area (Å²) >= 11 is 6.51. The molecule has 1 saturated heterocycles. The first-order valence-electron chi connectivity index (χ1n) is 13.4. The first-order chi connectivity index (χ1) is 20.5. The van der Waals surface area contributed by atoms with Crippen molar-refractivity contribution in [1.82, 2.24) is 39.7 Å². The maximum absolute atomic E-state index is 13.5. The standard InChI is InChI=1S/C29H25ClN10O2/c30-22-12-19(5-8-23(22)42-21-9-11-39-24(13-21)33-16-36-39)37-29(41)26-25-27(31)34-15-35-28(25)40(38-26)20-6-3-17(4-7-20)18-2-1-10-32-14-18/h3-9,11-13,15-16,18,32H,1-2,10,14H2,(H,37,41)(H2,31,34,35). The van der Waals surface area contributed by atoms with Gasteiger partial charge < -0.3 is 21.1 Å². The van der Waals surface area contributed by atoms with Crippen LogP contribution >= 0.6 is 11.6 Å². The molecule has 4 N–H and O–H groups in total. The highest BCUT2D eigenvalue weighted by molar-refractivity contribution is 6.32. The second-order valence-corrected chi connectivity index (χ2v) is 10.4. The number of carbonyl (C=O) groups excluding carboxylic acids is 1. The third-order valence-electron chi connectivity index (χ3n) is 7.28. The van der Waals surface area contributed by atoms with Gasteiger partial charge in [0.1, 0.15) is 30.0 Å². The van der Waals surface area contributed by atoms with Crippen LogP contribution in [-0.4, -0.2) is 53.3 Å². The molecule has 1 aliphatic heterocycles. The number of halogens is 1. The van der Waals surface area contributed by atoms with E-state index in [1.807, 2.05) is 12.1 Å². The summed E-state index contributed by atoms with van der Waals surface area (Å²) in [7, 11) is 0. The van der Waals surface area contributed by atoms with E-state index in [1.54, 1.807) is 45.7 Å². The number of nitrogen functional groups attached to an aromatic ring is 1. The molecule has 2 aromatic carbocycles. The Kier molecular flexibility index (Phi) is 6.61. The molecule has 1 amide bonds. The van der Waals surface area contributed by atoms with Gasteiger partial charge in [0, 0.05) is 24.5 Å². The number of nitrogens with zero attached hydrogens (tertiary/aromatic N) is 7. The predicted molar refractivity (Wildman–Crippen MR) is 158 cm³/mol. The zero-order valence-corrected chi connectivity index (χ0v) is 23.0. The summed E-state index contributed by atoms with van der Waals surface area (Å²) in [4.78, 5) is 26.1. The van der Waals surface area contributed by atoms with Crippen molar-refractivity contribution < 1.29 is 9.53 Å². The number of fused-ring (bicyclic) bond motifs is 2. The Labute approximate surface area is 244 Å². The highest BCUT2D eigenvalue weighted by atomic mass is 35.5. The van der Waals surface area contributed by atoms with Gasteiger partial charge in [-0.25, -0.2) is 24.1 Å². The molecule has 210 valence electrons. The number of carbonyl (C=O) groups is 1. The molecule has 0 saturated carbocycles. The zero-order valence-electron chi connectivity index (χ0n) is 22.2. The minimum atomic E-state index is -0.479. The lowest BCUT2D eigenvalue weighted by atomic mass is 9.92. The average molecular weight is 581 g/mol. The topological polar surface area (TPSA) is 150 Å². The van der Waals surface area contributed by atoms with Crippen molar-refractivity contribution in [3.63, 3.8) is 0 Å². The van der Waals surface area contributed by atoms with E-state index < -0.39 is 5.91 Å². The van der Waals surface area contributed by atoms with Crippen LogP contribution in [0.15, 0.2) is 73.4 Å². The molecule has 0 radical (unpaired) electrons. The zero-order chi connectivity index (χ0) is 28.6. The lowest BCUT2D eigenvalue weighted by Crippen LogP contribution is -2.28. The summed E-state index contributed by atoms with van der Waals surface area (Å²) in [5, 5.41) is 15.7. The summed E-state index contributed by atoms with van der Waals surface area (Å²) < 4.78 is 9.16. The fourth-order valence-electron chi connectivity index (χ4n) is 5.18. The fraction of sp³-hybridized carbons (Fsp3) is 0.172. The number of nitrogens with two attached hydrogens (primary N) is 1. The largest absolute Gasteiger partial charge is 0.456 e. The maximum Gasteiger partial charge on any atom is 0.277 e. The van der Waals surface area contributed by atoms with Crippen LogP contribution in [0.5, 0.6) is 11.5 Å². The number of nitrogens with one attached hydrogen (secondary N) is 2. The third kappa shape index (κ3) is 4.86. The lowest BCUT2D eigenvalue weighted by Gasteiger charge is -2.23. The molecular formula is C29H25ClN10O2. The number of benzene rings is 2. The molecule has 0 bridgehead atoms. The summed E-state index contributed by atoms with van der Waals surface area (Å²) in [6.07, 6.45) is 6.87. The average Bonchev–Trinajstić information content (AvgIpc) is 3.65. The monoisotopic (exact) mass is 580 g/mol. The Bertz CT molecular complexity index is 1930. The van der Waals surface area contributed by atoms with Gasteiger partial charge in [0.25, 0.3) is 5.91 Å². The maximum atomic E-state index is 13.5. The molecular weight excluding hydrogens is 556 g/mol. The molecule has 12 nitrogen and oxygen atoms in total. The van der Waals surface area contributed by atoms with Gasteiger partial charge in [0.15, 0.2) is 17.0 Å². The smallest absolute Gasteiger partial charge is 0.277 e. The number of hydrogen-bond donors (Lipinski definition) is 3. The van der Waals surface area contributed by atoms with Gasteiger partial charge in [-0.15, -0.1) is 0 Å². The summed E-state index contributed by atoms with van der Waals surface area (Å²) in [6.45, 7) is 2.03.